The third kappa shape index (κ3) is 6.56. The van der Waals surface area contributed by atoms with Crippen molar-refractivity contribution in [3.8, 4) is 0 Å². The number of hydrogen-bond donors (Lipinski definition) is 5. The van der Waals surface area contributed by atoms with Crippen LogP contribution in [0.5, 0.6) is 0 Å². The van der Waals surface area contributed by atoms with Crippen LogP contribution in [0.25, 0.3) is 0 Å². The van der Waals surface area contributed by atoms with Gasteiger partial charge in [-0.25, -0.2) is 0 Å². The predicted molar refractivity (Wildman–Crippen MR) is 105 cm³/mol. The van der Waals surface area contributed by atoms with Gasteiger partial charge in [0.1, 0.15) is 6.04 Å². The minimum absolute atomic E-state index is 0.0817. The molecule has 1 aliphatic heterocycles. The van der Waals surface area contributed by atoms with Gasteiger partial charge in [-0.2, -0.15) is 0 Å². The molecular formula is C19H30N6O2. The van der Waals surface area contributed by atoms with E-state index in [9.17, 15) is 9.59 Å². The van der Waals surface area contributed by atoms with E-state index in [1.54, 1.807) is 0 Å². The van der Waals surface area contributed by atoms with E-state index in [0.717, 1.165) is 18.4 Å². The smallest absolute Gasteiger partial charge is 0.240 e. The van der Waals surface area contributed by atoms with E-state index in [4.69, 9.17) is 22.6 Å². The molecule has 8 nitrogen and oxygen atoms in total. The third-order valence-corrected chi connectivity index (χ3v) is 5.10. The molecule has 2 atom stereocenters. The highest BCUT2D eigenvalue weighted by Gasteiger charge is 2.26. The van der Waals surface area contributed by atoms with E-state index >= 15 is 0 Å². The van der Waals surface area contributed by atoms with Gasteiger partial charge in [0.15, 0.2) is 5.96 Å². The standard InChI is InChI=1S/C19H30N6O2/c20-15(12-14-8-10-25(11-9-14)19(22)23)18(27)24-16(17(21)26)7-6-13-4-2-1-3-5-13/h1-5,14-16H,6-12,20H2,(H2,21,26)(H3,22,23)(H,24,27)/t15-,16-/m0/s1. The highest BCUT2D eigenvalue weighted by Crippen LogP contribution is 2.21. The lowest BCUT2D eigenvalue weighted by Crippen LogP contribution is -2.51. The van der Waals surface area contributed by atoms with E-state index in [1.165, 1.54) is 0 Å². The zero-order valence-electron chi connectivity index (χ0n) is 15.6. The summed E-state index contributed by atoms with van der Waals surface area (Å²) in [5.41, 5.74) is 18.1. The van der Waals surface area contributed by atoms with Gasteiger partial charge < -0.3 is 27.4 Å². The van der Waals surface area contributed by atoms with Gasteiger partial charge in [0.2, 0.25) is 11.8 Å². The maximum atomic E-state index is 12.4. The molecule has 1 fully saturated rings. The number of piperidine rings is 1. The lowest BCUT2D eigenvalue weighted by atomic mass is 9.90. The van der Waals surface area contributed by atoms with Gasteiger partial charge >= 0.3 is 0 Å². The zero-order chi connectivity index (χ0) is 19.8. The minimum atomic E-state index is -0.733. The Morgan fingerprint density at radius 2 is 1.81 bits per heavy atom. The summed E-state index contributed by atoms with van der Waals surface area (Å²) >= 11 is 0. The number of aryl methyl sites for hydroxylation is 1. The van der Waals surface area contributed by atoms with Crippen molar-refractivity contribution in [3.63, 3.8) is 0 Å². The Bertz CT molecular complexity index is 643. The predicted octanol–water partition coefficient (Wildman–Crippen LogP) is -0.0878. The Labute approximate surface area is 160 Å². The maximum Gasteiger partial charge on any atom is 0.240 e. The normalized spacial score (nSPS) is 17.1. The van der Waals surface area contributed by atoms with Crippen molar-refractivity contribution in [1.82, 2.24) is 10.2 Å². The van der Waals surface area contributed by atoms with Gasteiger partial charge in [0.25, 0.3) is 0 Å². The molecule has 0 aliphatic carbocycles. The van der Waals surface area contributed by atoms with Gasteiger partial charge in [0.05, 0.1) is 6.04 Å². The second-order valence-corrected chi connectivity index (χ2v) is 7.15. The van der Waals surface area contributed by atoms with E-state index in [0.29, 0.717) is 38.3 Å². The van der Waals surface area contributed by atoms with Gasteiger partial charge in [-0.3, -0.25) is 15.0 Å². The van der Waals surface area contributed by atoms with Crippen molar-refractivity contribution < 1.29 is 9.59 Å². The number of carbonyl (C=O) groups is 2. The molecule has 1 heterocycles. The first-order chi connectivity index (χ1) is 12.9. The van der Waals surface area contributed by atoms with Crippen LogP contribution in [0.2, 0.25) is 0 Å². The van der Waals surface area contributed by atoms with Crippen molar-refractivity contribution in [1.29, 1.82) is 5.41 Å². The molecule has 0 unspecified atom stereocenters. The van der Waals surface area contributed by atoms with Crippen LogP contribution in [0.1, 0.15) is 31.2 Å². The molecule has 2 rings (SSSR count). The molecule has 1 aliphatic rings. The van der Waals surface area contributed by atoms with Gasteiger partial charge in [-0.1, -0.05) is 30.3 Å². The highest BCUT2D eigenvalue weighted by atomic mass is 16.2. The Balaban J connectivity index is 1.80. The van der Waals surface area contributed by atoms with Gasteiger partial charge in [-0.05, 0) is 43.6 Å². The van der Waals surface area contributed by atoms with Crippen molar-refractivity contribution >= 4 is 17.8 Å². The fraction of sp³-hybridized carbons (Fsp3) is 0.526. The number of benzene rings is 1. The molecule has 148 valence electrons. The second-order valence-electron chi connectivity index (χ2n) is 7.15. The maximum absolute atomic E-state index is 12.4. The molecule has 0 radical (unpaired) electrons. The average molecular weight is 374 g/mol. The van der Waals surface area contributed by atoms with Gasteiger partial charge in [-0.15, -0.1) is 0 Å². The molecule has 0 bridgehead atoms. The molecule has 1 aromatic rings. The largest absolute Gasteiger partial charge is 0.370 e. The molecule has 8 N–H and O–H groups in total. The number of guanidine groups is 1. The lowest BCUT2D eigenvalue weighted by molar-refractivity contribution is -0.128. The Morgan fingerprint density at radius 1 is 1.19 bits per heavy atom. The summed E-state index contributed by atoms with van der Waals surface area (Å²) in [6, 6.07) is 8.32. The van der Waals surface area contributed by atoms with E-state index in [1.807, 2.05) is 35.2 Å². The van der Waals surface area contributed by atoms with E-state index in [2.05, 4.69) is 5.32 Å². The molecule has 2 amide bonds. The summed E-state index contributed by atoms with van der Waals surface area (Å²) in [6.07, 6.45) is 3.31. The minimum Gasteiger partial charge on any atom is -0.370 e. The zero-order valence-corrected chi connectivity index (χ0v) is 15.6. The SMILES string of the molecule is N=C(N)N1CCC(C[C@H](N)C(=O)N[C@@H](CCc2ccccc2)C(N)=O)CC1. The topological polar surface area (TPSA) is 151 Å². The molecule has 1 aromatic carbocycles. The van der Waals surface area contributed by atoms with Crippen molar-refractivity contribution in [2.24, 2.45) is 23.1 Å². The van der Waals surface area contributed by atoms with Crippen LogP contribution < -0.4 is 22.5 Å². The Kier molecular flexibility index (Phi) is 7.60. The first-order valence-electron chi connectivity index (χ1n) is 9.35. The van der Waals surface area contributed by atoms with Crippen LogP contribution in [-0.4, -0.2) is 47.8 Å². The number of likely N-dealkylation sites (tertiary alicyclic amines) is 1. The fourth-order valence-electron chi connectivity index (χ4n) is 3.40. The second kappa shape index (κ2) is 9.91. The summed E-state index contributed by atoms with van der Waals surface area (Å²) in [7, 11) is 0. The van der Waals surface area contributed by atoms with Crippen molar-refractivity contribution in [2.45, 2.75) is 44.2 Å². The summed E-state index contributed by atoms with van der Waals surface area (Å²) in [4.78, 5) is 25.9. The average Bonchev–Trinajstić information content (AvgIpc) is 2.65. The number of nitrogens with two attached hydrogens (primary N) is 3. The van der Waals surface area contributed by atoms with Crippen molar-refractivity contribution in [3.05, 3.63) is 35.9 Å². The molecule has 0 spiro atoms. The van der Waals surface area contributed by atoms with Crippen LogP contribution in [0, 0.1) is 11.3 Å². The van der Waals surface area contributed by atoms with E-state index in [-0.39, 0.29) is 11.9 Å². The Hall–Kier alpha value is -2.61. The molecule has 0 aromatic heterocycles. The van der Waals surface area contributed by atoms with Crippen LogP contribution in [-0.2, 0) is 16.0 Å². The highest BCUT2D eigenvalue weighted by molar-refractivity contribution is 5.88. The molecule has 27 heavy (non-hydrogen) atoms. The first kappa shape index (κ1) is 20.7. The summed E-state index contributed by atoms with van der Waals surface area (Å²) in [5, 5.41) is 10.2. The Morgan fingerprint density at radius 3 is 2.37 bits per heavy atom. The molecule has 0 saturated carbocycles. The van der Waals surface area contributed by atoms with Crippen LogP contribution in [0.4, 0.5) is 0 Å². The van der Waals surface area contributed by atoms with E-state index < -0.39 is 18.0 Å². The lowest BCUT2D eigenvalue weighted by Gasteiger charge is -2.33. The third-order valence-electron chi connectivity index (χ3n) is 5.10. The monoisotopic (exact) mass is 374 g/mol. The quantitative estimate of drug-likeness (QED) is 0.318. The summed E-state index contributed by atoms with van der Waals surface area (Å²) in [6.45, 7) is 1.41. The summed E-state index contributed by atoms with van der Waals surface area (Å²) in [5.74, 6) is -0.516. The molecule has 8 heteroatoms. The van der Waals surface area contributed by atoms with Crippen LogP contribution in [0.3, 0.4) is 0 Å². The molecular weight excluding hydrogens is 344 g/mol. The number of nitrogens with zero attached hydrogens (tertiary/aromatic N) is 1. The number of nitrogens with one attached hydrogen (secondary N) is 2. The van der Waals surface area contributed by atoms with Crippen LogP contribution in [0.15, 0.2) is 30.3 Å². The molecule has 1 saturated heterocycles. The fourth-order valence-corrected chi connectivity index (χ4v) is 3.40. The number of primary amides is 1. The first-order valence-corrected chi connectivity index (χ1v) is 9.35. The van der Waals surface area contributed by atoms with Crippen molar-refractivity contribution in [2.75, 3.05) is 13.1 Å². The number of carbonyl (C=O) groups excluding carboxylic acids is 2. The van der Waals surface area contributed by atoms with Crippen LogP contribution >= 0.6 is 0 Å². The van der Waals surface area contributed by atoms with Gasteiger partial charge in [0, 0.05) is 13.1 Å². The summed E-state index contributed by atoms with van der Waals surface area (Å²) < 4.78 is 0. The number of rotatable bonds is 8. The number of hydrogen-bond acceptors (Lipinski definition) is 4. The number of amides is 2.